The number of carbonyl (C=O) groups excluding carboxylic acids is 1. The van der Waals surface area contributed by atoms with E-state index in [-0.39, 0.29) is 23.8 Å². The Labute approximate surface area is 175 Å². The Morgan fingerprint density at radius 3 is 2.70 bits per heavy atom. The minimum absolute atomic E-state index is 0.0768. The van der Waals surface area contributed by atoms with Gasteiger partial charge < -0.3 is 20.3 Å². The van der Waals surface area contributed by atoms with Crippen LogP contribution >= 0.6 is 0 Å². The van der Waals surface area contributed by atoms with E-state index < -0.39 is 6.04 Å². The van der Waals surface area contributed by atoms with E-state index >= 15 is 0 Å². The van der Waals surface area contributed by atoms with Crippen molar-refractivity contribution >= 4 is 28.2 Å². The van der Waals surface area contributed by atoms with Crippen LogP contribution in [0.3, 0.4) is 0 Å². The lowest BCUT2D eigenvalue weighted by atomic mass is 10.1. The van der Waals surface area contributed by atoms with Crippen LogP contribution < -0.4 is 10.2 Å². The molecule has 1 amide bonds. The van der Waals surface area contributed by atoms with Crippen molar-refractivity contribution < 1.29 is 14.8 Å². The molecular formula is C23H26N5O2+. The van der Waals surface area contributed by atoms with E-state index in [1.807, 2.05) is 62.4 Å². The van der Waals surface area contributed by atoms with E-state index in [1.165, 1.54) is 0 Å². The van der Waals surface area contributed by atoms with Crippen molar-refractivity contribution in [2.75, 3.05) is 18.9 Å². The molecule has 0 fully saturated rings. The summed E-state index contributed by atoms with van der Waals surface area (Å²) in [6.07, 6.45) is 0. The molecule has 2 aromatic carbocycles. The summed E-state index contributed by atoms with van der Waals surface area (Å²) in [6.45, 7) is 5.87. The third-order valence-electron chi connectivity index (χ3n) is 5.46. The van der Waals surface area contributed by atoms with Gasteiger partial charge in [0.25, 0.3) is 5.91 Å². The Balaban J connectivity index is 1.76. The molecule has 0 spiro atoms. The molecule has 0 aliphatic rings. The van der Waals surface area contributed by atoms with Crippen molar-refractivity contribution in [2.24, 2.45) is 0 Å². The molecule has 30 heavy (non-hydrogen) atoms. The summed E-state index contributed by atoms with van der Waals surface area (Å²) >= 11 is 0. The van der Waals surface area contributed by atoms with Crippen LogP contribution in [0.4, 0.5) is 5.69 Å². The van der Waals surface area contributed by atoms with E-state index in [4.69, 9.17) is 0 Å². The highest BCUT2D eigenvalue weighted by atomic mass is 16.3. The molecule has 7 nitrogen and oxygen atoms in total. The van der Waals surface area contributed by atoms with Gasteiger partial charge in [0.1, 0.15) is 17.7 Å². The van der Waals surface area contributed by atoms with Gasteiger partial charge in [0.05, 0.1) is 18.1 Å². The first kappa shape index (κ1) is 21.1. The van der Waals surface area contributed by atoms with Gasteiger partial charge >= 0.3 is 0 Å². The van der Waals surface area contributed by atoms with Gasteiger partial charge in [-0.15, -0.1) is 0 Å². The van der Waals surface area contributed by atoms with E-state index in [9.17, 15) is 15.2 Å². The highest BCUT2D eigenvalue weighted by Crippen LogP contribution is 2.20. The number of aromatic nitrogens is 2. The smallest absolute Gasteiger partial charge is 0.279 e. The van der Waals surface area contributed by atoms with Gasteiger partial charge in [-0.3, -0.25) is 4.79 Å². The van der Waals surface area contributed by atoms with Crippen molar-refractivity contribution in [3.8, 4) is 6.07 Å². The SMILES string of the molecule is Cc1cccc(NC(=O)C[NH+](C)[C@H](C)/C(O)=C(\C#N)c2nc3ccccc3[nH]2)c1C. The second-order valence-electron chi connectivity index (χ2n) is 7.52. The summed E-state index contributed by atoms with van der Waals surface area (Å²) in [4.78, 5) is 20.7. The Kier molecular flexibility index (Phi) is 6.19. The molecule has 2 atom stereocenters. The number of benzene rings is 2. The lowest BCUT2D eigenvalue weighted by Gasteiger charge is -2.21. The highest BCUT2D eigenvalue weighted by Gasteiger charge is 2.25. The van der Waals surface area contributed by atoms with Crippen LogP contribution in [0.25, 0.3) is 16.6 Å². The number of amides is 1. The molecule has 1 unspecified atom stereocenters. The number of likely N-dealkylation sites (N-methyl/N-ethyl adjacent to an activating group) is 1. The van der Waals surface area contributed by atoms with Crippen LogP contribution in [0, 0.1) is 25.2 Å². The largest absolute Gasteiger partial charge is 0.505 e. The number of hydrogen-bond donors (Lipinski definition) is 4. The Morgan fingerprint density at radius 1 is 1.27 bits per heavy atom. The van der Waals surface area contributed by atoms with Crippen molar-refractivity contribution in [3.63, 3.8) is 0 Å². The number of aryl methyl sites for hydroxylation is 1. The summed E-state index contributed by atoms with van der Waals surface area (Å²) < 4.78 is 0. The molecule has 0 aliphatic carbocycles. The van der Waals surface area contributed by atoms with Gasteiger partial charge in [0.15, 0.2) is 18.1 Å². The predicted octanol–water partition coefficient (Wildman–Crippen LogP) is 2.51. The lowest BCUT2D eigenvalue weighted by molar-refractivity contribution is -0.891. The number of H-pyrrole nitrogens is 1. The lowest BCUT2D eigenvalue weighted by Crippen LogP contribution is -3.13. The maximum absolute atomic E-state index is 12.5. The molecule has 3 aromatic rings. The Hall–Kier alpha value is -3.63. The number of imidazole rings is 1. The average molecular weight is 404 g/mol. The molecule has 1 aromatic heterocycles. The zero-order valence-corrected chi connectivity index (χ0v) is 17.6. The Morgan fingerprint density at radius 2 is 2.00 bits per heavy atom. The molecule has 0 radical (unpaired) electrons. The number of nitrogens with zero attached hydrogens (tertiary/aromatic N) is 2. The number of para-hydroxylation sites is 2. The third-order valence-corrected chi connectivity index (χ3v) is 5.46. The van der Waals surface area contributed by atoms with Crippen LogP contribution in [0.2, 0.25) is 0 Å². The Bertz CT molecular complexity index is 1120. The molecule has 7 heteroatoms. The van der Waals surface area contributed by atoms with Gasteiger partial charge in [-0.05, 0) is 50.1 Å². The molecule has 0 aliphatic heterocycles. The number of quaternary nitrogens is 1. The molecule has 0 saturated carbocycles. The van der Waals surface area contributed by atoms with Crippen LogP contribution in [0.1, 0.15) is 23.9 Å². The van der Waals surface area contributed by atoms with Crippen molar-refractivity contribution in [1.82, 2.24) is 9.97 Å². The molecule has 4 N–H and O–H groups in total. The van der Waals surface area contributed by atoms with E-state index in [0.29, 0.717) is 11.3 Å². The van der Waals surface area contributed by atoms with Crippen LogP contribution in [0.5, 0.6) is 0 Å². The van der Waals surface area contributed by atoms with E-state index in [0.717, 1.165) is 27.2 Å². The minimum Gasteiger partial charge on any atom is -0.505 e. The van der Waals surface area contributed by atoms with E-state index in [2.05, 4.69) is 15.3 Å². The maximum atomic E-state index is 12.5. The summed E-state index contributed by atoms with van der Waals surface area (Å²) in [6, 6.07) is 14.8. The van der Waals surface area contributed by atoms with Gasteiger partial charge in [0.2, 0.25) is 0 Å². The number of aliphatic hydroxyl groups is 1. The van der Waals surface area contributed by atoms with E-state index in [1.54, 1.807) is 14.0 Å². The first-order valence-corrected chi connectivity index (χ1v) is 9.78. The number of aromatic amines is 1. The minimum atomic E-state index is -0.475. The molecular weight excluding hydrogens is 378 g/mol. The number of fused-ring (bicyclic) bond motifs is 1. The second kappa shape index (κ2) is 8.80. The average Bonchev–Trinajstić information content (AvgIpc) is 3.14. The first-order chi connectivity index (χ1) is 14.3. The number of anilines is 1. The number of carbonyl (C=O) groups is 1. The standard InChI is InChI=1S/C23H25N5O2/c1-14-8-7-11-18(15(14)2)25-21(29)13-28(4)16(3)22(30)17(12-24)23-26-19-9-5-6-10-20(19)27-23/h5-11,16,30H,13H2,1-4H3,(H,25,29)(H,26,27)/p+1/b22-17-/t16-/m1/s1. The van der Waals surface area contributed by atoms with Crippen LogP contribution in [0.15, 0.2) is 48.2 Å². The monoisotopic (exact) mass is 404 g/mol. The molecule has 0 bridgehead atoms. The first-order valence-electron chi connectivity index (χ1n) is 9.78. The van der Waals surface area contributed by atoms with Crippen LogP contribution in [-0.4, -0.2) is 40.6 Å². The third kappa shape index (κ3) is 4.34. The fraction of sp³-hybridized carbons (Fsp3) is 0.261. The highest BCUT2D eigenvalue weighted by molar-refractivity contribution is 5.92. The van der Waals surface area contributed by atoms with Gasteiger partial charge in [-0.25, -0.2) is 4.98 Å². The van der Waals surface area contributed by atoms with Gasteiger partial charge in [-0.1, -0.05) is 24.3 Å². The van der Waals surface area contributed by atoms with Gasteiger partial charge in [-0.2, -0.15) is 5.26 Å². The second-order valence-corrected chi connectivity index (χ2v) is 7.52. The normalized spacial score (nSPS) is 14.0. The maximum Gasteiger partial charge on any atom is 0.279 e. The predicted molar refractivity (Wildman–Crippen MR) is 117 cm³/mol. The molecule has 1 heterocycles. The van der Waals surface area contributed by atoms with Crippen molar-refractivity contribution in [2.45, 2.75) is 26.8 Å². The number of rotatable bonds is 6. The fourth-order valence-electron chi connectivity index (χ4n) is 3.24. The van der Waals surface area contributed by atoms with Crippen molar-refractivity contribution in [1.29, 1.82) is 5.26 Å². The fourth-order valence-corrected chi connectivity index (χ4v) is 3.24. The molecule has 3 rings (SSSR count). The van der Waals surface area contributed by atoms with Gasteiger partial charge in [0, 0.05) is 5.69 Å². The summed E-state index contributed by atoms with van der Waals surface area (Å²) in [5, 5.41) is 23.3. The number of aliphatic hydroxyl groups excluding tert-OH is 1. The summed E-state index contributed by atoms with van der Waals surface area (Å²) in [7, 11) is 1.80. The summed E-state index contributed by atoms with van der Waals surface area (Å²) in [5.41, 5.74) is 4.49. The topological polar surface area (TPSA) is 106 Å². The number of nitriles is 1. The van der Waals surface area contributed by atoms with Crippen molar-refractivity contribution in [3.05, 3.63) is 65.2 Å². The number of allylic oxidation sites excluding steroid dienone is 1. The molecule has 0 saturated heterocycles. The summed E-state index contributed by atoms with van der Waals surface area (Å²) in [5.74, 6) is 0.0485. The zero-order chi connectivity index (χ0) is 21.8. The quantitative estimate of drug-likeness (QED) is 0.374. The zero-order valence-electron chi connectivity index (χ0n) is 17.6. The number of nitrogens with one attached hydrogen (secondary N) is 3. The molecule has 154 valence electrons. The number of hydrogen-bond acceptors (Lipinski definition) is 4. The van der Waals surface area contributed by atoms with Crippen LogP contribution in [-0.2, 0) is 4.79 Å².